The second-order valence-corrected chi connectivity index (χ2v) is 7.67. The van der Waals surface area contributed by atoms with Gasteiger partial charge < -0.3 is 15.8 Å². The van der Waals surface area contributed by atoms with Crippen molar-refractivity contribution in [2.75, 3.05) is 19.4 Å². The molecule has 1 aliphatic rings. The first-order valence-corrected chi connectivity index (χ1v) is 10.1. The molecular formula is C21H27N7O. The Bertz CT molecular complexity index is 1010. The van der Waals surface area contributed by atoms with Crippen LogP contribution in [0.4, 0.5) is 5.82 Å². The van der Waals surface area contributed by atoms with Crippen molar-refractivity contribution < 1.29 is 4.74 Å². The molecule has 0 aromatic carbocycles. The number of anilines is 1. The summed E-state index contributed by atoms with van der Waals surface area (Å²) in [5, 5.41) is 14.6. The number of aromatic amines is 1. The van der Waals surface area contributed by atoms with E-state index in [1.54, 1.807) is 13.3 Å². The first kappa shape index (κ1) is 19.3. The number of nitrogens with one attached hydrogen (secondary N) is 2. The van der Waals surface area contributed by atoms with Crippen molar-refractivity contribution in [1.82, 2.24) is 30.7 Å². The third kappa shape index (κ3) is 4.37. The molecule has 3 aromatic heterocycles. The molecule has 1 aliphatic carbocycles. The second-order valence-electron chi connectivity index (χ2n) is 7.67. The van der Waals surface area contributed by atoms with Crippen LogP contribution in [-0.2, 0) is 0 Å². The molecule has 0 bridgehead atoms. The normalized spacial score (nSPS) is 20.1. The summed E-state index contributed by atoms with van der Waals surface area (Å²) < 4.78 is 5.32. The van der Waals surface area contributed by atoms with E-state index in [0.29, 0.717) is 28.9 Å². The monoisotopic (exact) mass is 393 g/mol. The maximum Gasteiger partial charge on any atom is 0.213 e. The van der Waals surface area contributed by atoms with Gasteiger partial charge in [-0.05, 0) is 54.9 Å². The highest BCUT2D eigenvalue weighted by atomic mass is 16.5. The van der Waals surface area contributed by atoms with Crippen LogP contribution in [0.1, 0.15) is 43.7 Å². The lowest BCUT2D eigenvalue weighted by Gasteiger charge is -2.26. The lowest BCUT2D eigenvalue weighted by atomic mass is 9.87. The minimum absolute atomic E-state index is 0.416. The number of ether oxygens (including phenoxy) is 1. The average Bonchev–Trinajstić information content (AvgIpc) is 3.20. The molecule has 8 nitrogen and oxygen atoms in total. The van der Waals surface area contributed by atoms with Gasteiger partial charge in [0.2, 0.25) is 5.88 Å². The number of hydrogen-bond acceptors (Lipinski definition) is 7. The van der Waals surface area contributed by atoms with E-state index in [2.05, 4.69) is 43.7 Å². The van der Waals surface area contributed by atoms with Crippen molar-refractivity contribution in [3.63, 3.8) is 0 Å². The Morgan fingerprint density at radius 2 is 2.14 bits per heavy atom. The van der Waals surface area contributed by atoms with Crippen molar-refractivity contribution in [1.29, 1.82) is 0 Å². The fourth-order valence-electron chi connectivity index (χ4n) is 3.93. The van der Waals surface area contributed by atoms with Crippen molar-refractivity contribution in [2.45, 2.75) is 38.6 Å². The molecule has 0 atom stereocenters. The summed E-state index contributed by atoms with van der Waals surface area (Å²) in [6.07, 6.45) is 8.94. The topological polar surface area (TPSA) is 115 Å². The van der Waals surface area contributed by atoms with E-state index in [0.717, 1.165) is 29.2 Å². The van der Waals surface area contributed by atoms with Crippen LogP contribution in [0.25, 0.3) is 16.7 Å². The van der Waals surface area contributed by atoms with E-state index in [-0.39, 0.29) is 0 Å². The van der Waals surface area contributed by atoms with Gasteiger partial charge in [-0.15, -0.1) is 5.10 Å². The Morgan fingerprint density at radius 3 is 2.93 bits per heavy atom. The van der Waals surface area contributed by atoms with Crippen LogP contribution >= 0.6 is 0 Å². The summed E-state index contributed by atoms with van der Waals surface area (Å²) in [4.78, 5) is 8.51. The summed E-state index contributed by atoms with van der Waals surface area (Å²) in [6, 6.07) is 6.27. The predicted molar refractivity (Wildman–Crippen MR) is 113 cm³/mol. The molecule has 4 rings (SSSR count). The van der Waals surface area contributed by atoms with Gasteiger partial charge in [0.1, 0.15) is 11.3 Å². The van der Waals surface area contributed by atoms with Gasteiger partial charge in [-0.3, -0.25) is 0 Å². The van der Waals surface area contributed by atoms with Crippen LogP contribution in [0, 0.1) is 5.92 Å². The molecule has 3 heterocycles. The molecule has 8 heteroatoms. The minimum Gasteiger partial charge on any atom is -0.481 e. The third-order valence-electron chi connectivity index (χ3n) is 5.59. The first-order chi connectivity index (χ1) is 14.1. The fraction of sp³-hybridized carbons (Fsp3) is 0.429. The number of aromatic nitrogens is 5. The van der Waals surface area contributed by atoms with E-state index in [1.807, 2.05) is 18.2 Å². The summed E-state index contributed by atoms with van der Waals surface area (Å²) in [6.45, 7) is 3.09. The molecule has 0 amide bonds. The number of hydrogen-bond donors (Lipinski definition) is 3. The Morgan fingerprint density at radius 1 is 1.31 bits per heavy atom. The van der Waals surface area contributed by atoms with Crippen molar-refractivity contribution >= 4 is 22.6 Å². The molecule has 3 aromatic rings. The number of H-pyrrole nitrogens is 1. The number of fused-ring (bicyclic) bond motifs is 1. The molecule has 0 unspecified atom stereocenters. The van der Waals surface area contributed by atoms with Gasteiger partial charge >= 0.3 is 0 Å². The number of nitrogen functional groups attached to an aromatic ring is 1. The van der Waals surface area contributed by atoms with Gasteiger partial charge in [0.05, 0.1) is 7.11 Å². The predicted octanol–water partition coefficient (Wildman–Crippen LogP) is 2.94. The average molecular weight is 393 g/mol. The van der Waals surface area contributed by atoms with E-state index in [9.17, 15) is 0 Å². The SMILES string of the molecule is COc1cc(/C(=C\CN[C@H]2CC[C@H](C)CC2)c2cc(N)nc3[nH]nnc23)ccn1. The van der Waals surface area contributed by atoms with Gasteiger partial charge in [0, 0.05) is 30.4 Å². The quantitative estimate of drug-likeness (QED) is 0.590. The molecule has 0 spiro atoms. The van der Waals surface area contributed by atoms with Crippen LogP contribution in [0.2, 0.25) is 0 Å². The maximum atomic E-state index is 6.05. The Labute approximate surface area is 170 Å². The highest BCUT2D eigenvalue weighted by molar-refractivity contribution is 5.93. The number of pyridine rings is 2. The van der Waals surface area contributed by atoms with Crippen molar-refractivity contribution in [3.8, 4) is 5.88 Å². The summed E-state index contributed by atoms with van der Waals surface area (Å²) in [7, 11) is 1.61. The van der Waals surface area contributed by atoms with Gasteiger partial charge in [0.15, 0.2) is 5.65 Å². The smallest absolute Gasteiger partial charge is 0.213 e. The van der Waals surface area contributed by atoms with Gasteiger partial charge in [0.25, 0.3) is 0 Å². The molecule has 152 valence electrons. The maximum absolute atomic E-state index is 6.05. The zero-order valence-electron chi connectivity index (χ0n) is 16.9. The molecule has 0 saturated heterocycles. The van der Waals surface area contributed by atoms with Crippen molar-refractivity contribution in [3.05, 3.63) is 41.6 Å². The highest BCUT2D eigenvalue weighted by Gasteiger charge is 2.18. The summed E-state index contributed by atoms with van der Waals surface area (Å²) in [5.41, 5.74) is 10.2. The van der Waals surface area contributed by atoms with E-state index >= 15 is 0 Å². The van der Waals surface area contributed by atoms with Crippen LogP contribution in [0.15, 0.2) is 30.5 Å². The largest absolute Gasteiger partial charge is 0.481 e. The van der Waals surface area contributed by atoms with Gasteiger partial charge in [-0.2, -0.15) is 0 Å². The van der Waals surface area contributed by atoms with Crippen LogP contribution in [-0.4, -0.2) is 45.1 Å². The van der Waals surface area contributed by atoms with E-state index < -0.39 is 0 Å². The van der Waals surface area contributed by atoms with Gasteiger partial charge in [-0.1, -0.05) is 18.2 Å². The Balaban J connectivity index is 1.68. The molecule has 29 heavy (non-hydrogen) atoms. The van der Waals surface area contributed by atoms with Crippen LogP contribution in [0.5, 0.6) is 5.88 Å². The second kappa shape index (κ2) is 8.57. The number of methoxy groups -OCH3 is 1. The zero-order valence-corrected chi connectivity index (χ0v) is 16.9. The van der Waals surface area contributed by atoms with Crippen molar-refractivity contribution in [2.24, 2.45) is 5.92 Å². The molecule has 1 saturated carbocycles. The van der Waals surface area contributed by atoms with Gasteiger partial charge in [-0.25, -0.2) is 15.1 Å². The zero-order chi connectivity index (χ0) is 20.2. The summed E-state index contributed by atoms with van der Waals surface area (Å²) >= 11 is 0. The fourth-order valence-corrected chi connectivity index (χ4v) is 3.93. The lowest BCUT2D eigenvalue weighted by molar-refractivity contribution is 0.314. The Kier molecular flexibility index (Phi) is 5.71. The van der Waals surface area contributed by atoms with E-state index in [1.165, 1.54) is 25.7 Å². The standard InChI is InChI=1S/C21H27N7O/c1-13-3-5-15(6-4-13)23-10-8-16(14-7-9-24-19(11-14)29-2)17-12-18(22)25-21-20(17)26-28-27-21/h7-9,11-13,15,23H,3-6,10H2,1-2H3,(H3,22,25,26,27,28)/b16-8+/t13-,15-. The highest BCUT2D eigenvalue weighted by Crippen LogP contribution is 2.30. The molecule has 0 aliphatic heterocycles. The number of rotatable bonds is 6. The Hall–Kier alpha value is -3.00. The summed E-state index contributed by atoms with van der Waals surface area (Å²) in [5.74, 6) is 1.81. The molecule has 1 fully saturated rings. The van der Waals surface area contributed by atoms with Crippen LogP contribution in [0.3, 0.4) is 0 Å². The third-order valence-corrected chi connectivity index (χ3v) is 5.59. The minimum atomic E-state index is 0.416. The molecule has 4 N–H and O–H groups in total. The lowest BCUT2D eigenvalue weighted by Crippen LogP contribution is -2.32. The number of nitrogens with two attached hydrogens (primary N) is 1. The van der Waals surface area contributed by atoms with Crippen LogP contribution < -0.4 is 15.8 Å². The molecular weight excluding hydrogens is 366 g/mol. The van der Waals surface area contributed by atoms with E-state index in [4.69, 9.17) is 10.5 Å². The molecule has 0 radical (unpaired) electrons. The first-order valence-electron chi connectivity index (χ1n) is 10.1. The number of nitrogens with zero attached hydrogens (tertiary/aromatic N) is 4.